The molecule has 1 saturated heterocycles. The molecule has 4 heteroatoms. The Morgan fingerprint density at radius 1 is 1.07 bits per heavy atom. The number of likely N-dealkylation sites (tertiary alicyclic amines) is 1. The van der Waals surface area contributed by atoms with E-state index in [1.165, 1.54) is 0 Å². The normalized spacial score (nSPS) is 16.3. The molecule has 0 atom stereocenters. The van der Waals surface area contributed by atoms with Gasteiger partial charge in [0.2, 0.25) is 5.91 Å². The molecule has 0 radical (unpaired) electrons. The number of hydrogen-bond donors (Lipinski definition) is 1. The summed E-state index contributed by atoms with van der Waals surface area (Å²) in [5.74, 6) is 0.177. The zero-order valence-corrected chi connectivity index (χ0v) is 16.3. The van der Waals surface area contributed by atoms with Crippen molar-refractivity contribution in [2.75, 3.05) is 13.1 Å². The van der Waals surface area contributed by atoms with Crippen LogP contribution in [-0.4, -0.2) is 39.6 Å². The number of rotatable bonds is 4. The first-order valence-electron chi connectivity index (χ1n) is 10.0. The van der Waals surface area contributed by atoms with Crippen LogP contribution in [0.4, 0.5) is 0 Å². The van der Waals surface area contributed by atoms with Crippen LogP contribution < -0.4 is 0 Å². The first-order valence-corrected chi connectivity index (χ1v) is 10.0. The fraction of sp³-hybridized carbons (Fsp3) is 0.333. The Balaban J connectivity index is 1.45. The number of hydrogen-bond acceptors (Lipinski definition) is 3. The smallest absolute Gasteiger partial charge is 0.222 e. The van der Waals surface area contributed by atoms with Crippen molar-refractivity contribution in [2.24, 2.45) is 0 Å². The highest BCUT2D eigenvalue weighted by atomic mass is 16.3. The second kappa shape index (κ2) is 7.72. The van der Waals surface area contributed by atoms with Crippen LogP contribution in [0.15, 0.2) is 60.8 Å². The van der Waals surface area contributed by atoms with Crippen LogP contribution in [0.1, 0.15) is 31.7 Å². The number of pyridine rings is 1. The Morgan fingerprint density at radius 3 is 2.50 bits per heavy atom. The Morgan fingerprint density at radius 2 is 1.79 bits per heavy atom. The van der Waals surface area contributed by atoms with Crippen LogP contribution in [0, 0.1) is 0 Å². The first-order chi connectivity index (χ1) is 13.6. The van der Waals surface area contributed by atoms with E-state index in [-0.39, 0.29) is 5.91 Å². The number of carbonyl (C=O) groups is 1. The number of aliphatic hydroxyl groups is 1. The van der Waals surface area contributed by atoms with Gasteiger partial charge in [-0.15, -0.1) is 0 Å². The molecule has 4 rings (SSSR count). The van der Waals surface area contributed by atoms with Gasteiger partial charge in [-0.3, -0.25) is 9.78 Å². The van der Waals surface area contributed by atoms with Crippen LogP contribution in [0.3, 0.4) is 0 Å². The minimum Gasteiger partial charge on any atom is -0.389 e. The van der Waals surface area contributed by atoms with Gasteiger partial charge in [0, 0.05) is 37.5 Å². The Bertz CT molecular complexity index is 973. The summed E-state index contributed by atoms with van der Waals surface area (Å²) >= 11 is 0. The average Bonchev–Trinajstić information content (AvgIpc) is 2.74. The summed E-state index contributed by atoms with van der Waals surface area (Å²) in [4.78, 5) is 18.1. The molecule has 0 bridgehead atoms. The molecule has 1 amide bonds. The van der Waals surface area contributed by atoms with Crippen LogP contribution in [0.5, 0.6) is 0 Å². The number of amides is 1. The minimum atomic E-state index is -0.723. The molecule has 0 saturated carbocycles. The lowest BCUT2D eigenvalue weighted by atomic mass is 9.85. The van der Waals surface area contributed by atoms with Crippen molar-refractivity contribution in [1.82, 2.24) is 9.88 Å². The van der Waals surface area contributed by atoms with E-state index in [1.807, 2.05) is 24.1 Å². The van der Waals surface area contributed by atoms with Gasteiger partial charge in [0.25, 0.3) is 0 Å². The van der Waals surface area contributed by atoms with Crippen LogP contribution in [0.2, 0.25) is 0 Å². The second-order valence-electron chi connectivity index (χ2n) is 7.74. The van der Waals surface area contributed by atoms with Crippen LogP contribution in [0.25, 0.3) is 22.0 Å². The van der Waals surface area contributed by atoms with Crippen molar-refractivity contribution >= 4 is 16.8 Å². The van der Waals surface area contributed by atoms with Gasteiger partial charge in [0.1, 0.15) is 0 Å². The van der Waals surface area contributed by atoms with E-state index in [2.05, 4.69) is 53.5 Å². The summed E-state index contributed by atoms with van der Waals surface area (Å²) in [5, 5.41) is 12.1. The van der Waals surface area contributed by atoms with Gasteiger partial charge in [-0.1, -0.05) is 49.4 Å². The van der Waals surface area contributed by atoms with E-state index in [1.54, 1.807) is 0 Å². The largest absolute Gasteiger partial charge is 0.389 e. The molecule has 1 fully saturated rings. The third-order valence-corrected chi connectivity index (χ3v) is 5.78. The summed E-state index contributed by atoms with van der Waals surface area (Å²) in [6, 6.07) is 18.8. The zero-order chi connectivity index (χ0) is 19.6. The molecule has 0 spiro atoms. The van der Waals surface area contributed by atoms with E-state index < -0.39 is 5.60 Å². The van der Waals surface area contributed by atoms with E-state index in [0.717, 1.165) is 27.6 Å². The number of piperidine rings is 1. The lowest BCUT2D eigenvalue weighted by Gasteiger charge is -2.38. The topological polar surface area (TPSA) is 53.4 Å². The first kappa shape index (κ1) is 18.6. The highest BCUT2D eigenvalue weighted by Gasteiger charge is 2.33. The van der Waals surface area contributed by atoms with Crippen molar-refractivity contribution in [3.8, 4) is 11.1 Å². The van der Waals surface area contributed by atoms with Crippen LogP contribution in [-0.2, 0) is 11.2 Å². The van der Waals surface area contributed by atoms with Crippen molar-refractivity contribution in [3.63, 3.8) is 0 Å². The van der Waals surface area contributed by atoms with Gasteiger partial charge in [0.15, 0.2) is 0 Å². The molecule has 1 N–H and O–H groups in total. The highest BCUT2D eigenvalue weighted by Crippen LogP contribution is 2.29. The van der Waals surface area contributed by atoms with Crippen LogP contribution >= 0.6 is 0 Å². The van der Waals surface area contributed by atoms with Crippen molar-refractivity contribution < 1.29 is 9.90 Å². The van der Waals surface area contributed by atoms with E-state index in [4.69, 9.17) is 0 Å². The van der Waals surface area contributed by atoms with E-state index >= 15 is 0 Å². The number of fused-ring (bicyclic) bond motifs is 1. The quantitative estimate of drug-likeness (QED) is 0.744. The van der Waals surface area contributed by atoms with Crippen molar-refractivity contribution in [3.05, 3.63) is 66.4 Å². The summed E-state index contributed by atoms with van der Waals surface area (Å²) in [6.45, 7) is 3.17. The zero-order valence-electron chi connectivity index (χ0n) is 16.3. The third-order valence-electron chi connectivity index (χ3n) is 5.78. The molecule has 2 heterocycles. The molecule has 1 aromatic heterocycles. The van der Waals surface area contributed by atoms with Crippen molar-refractivity contribution in [1.29, 1.82) is 0 Å². The summed E-state index contributed by atoms with van der Waals surface area (Å²) < 4.78 is 0. The van der Waals surface area contributed by atoms with E-state index in [0.29, 0.717) is 38.8 Å². The minimum absolute atomic E-state index is 0.177. The highest BCUT2D eigenvalue weighted by molar-refractivity contribution is 5.84. The van der Waals surface area contributed by atoms with Gasteiger partial charge in [-0.05, 0) is 41.7 Å². The molecule has 2 aromatic carbocycles. The third kappa shape index (κ3) is 3.92. The molecular weight excluding hydrogens is 348 g/mol. The molecule has 144 valence electrons. The predicted octanol–water partition coefficient (Wildman–Crippen LogP) is 4.21. The molecular formula is C24H26N2O2. The SMILES string of the molecule is CCC(=O)N1CCC(O)(Cc2ccc(-c3ccc4cccnc4c3)cc2)CC1. The van der Waals surface area contributed by atoms with Gasteiger partial charge >= 0.3 is 0 Å². The van der Waals surface area contributed by atoms with Gasteiger partial charge < -0.3 is 10.0 Å². The molecule has 1 aliphatic rings. The number of aromatic nitrogens is 1. The summed E-state index contributed by atoms with van der Waals surface area (Å²) in [5.41, 5.74) is 3.68. The van der Waals surface area contributed by atoms with E-state index in [9.17, 15) is 9.90 Å². The Hall–Kier alpha value is -2.72. The Labute approximate surface area is 165 Å². The number of nitrogens with zero attached hydrogens (tertiary/aromatic N) is 2. The molecule has 4 nitrogen and oxygen atoms in total. The fourth-order valence-electron chi connectivity index (χ4n) is 4.01. The number of carbonyl (C=O) groups excluding carboxylic acids is 1. The van der Waals surface area contributed by atoms with Gasteiger partial charge in [-0.2, -0.15) is 0 Å². The summed E-state index contributed by atoms with van der Waals surface area (Å²) in [6.07, 6.45) is 4.24. The maximum Gasteiger partial charge on any atom is 0.222 e. The molecule has 28 heavy (non-hydrogen) atoms. The maximum absolute atomic E-state index is 11.8. The lowest BCUT2D eigenvalue weighted by molar-refractivity contribution is -0.135. The molecule has 3 aromatic rings. The monoisotopic (exact) mass is 374 g/mol. The standard InChI is InChI=1S/C24H26N2O2/c1-2-23(27)26-14-11-24(28,12-15-26)17-18-5-7-19(8-6-18)21-10-9-20-4-3-13-25-22(20)16-21/h3-10,13,16,28H,2,11-12,14-15,17H2,1H3. The van der Waals surface area contributed by atoms with Gasteiger partial charge in [-0.25, -0.2) is 0 Å². The van der Waals surface area contributed by atoms with Gasteiger partial charge in [0.05, 0.1) is 11.1 Å². The lowest BCUT2D eigenvalue weighted by Crippen LogP contribution is -2.47. The second-order valence-corrected chi connectivity index (χ2v) is 7.74. The van der Waals surface area contributed by atoms with Crippen molar-refractivity contribution in [2.45, 2.75) is 38.2 Å². The molecule has 0 unspecified atom stereocenters. The average molecular weight is 374 g/mol. The Kier molecular flexibility index (Phi) is 5.14. The summed E-state index contributed by atoms with van der Waals surface area (Å²) in [7, 11) is 0. The predicted molar refractivity (Wildman–Crippen MR) is 112 cm³/mol. The molecule has 0 aliphatic carbocycles. The number of benzene rings is 2. The fourth-order valence-corrected chi connectivity index (χ4v) is 4.01. The maximum atomic E-state index is 11.8. The molecule has 1 aliphatic heterocycles.